The van der Waals surface area contributed by atoms with E-state index in [0.717, 1.165) is 69.5 Å². The van der Waals surface area contributed by atoms with Crippen LogP contribution in [0.5, 0.6) is 5.75 Å². The SMILES string of the molecule is CC(C)c1ccc(NC(=O)CN2CCC3(CCCCCc4ccccc4OCCNC3=O)CC2)cc1. The molecule has 6 heteroatoms. The number of piperidine rings is 1. The minimum Gasteiger partial charge on any atom is -0.491 e. The third-order valence-corrected chi connectivity index (χ3v) is 7.74. The minimum absolute atomic E-state index is 0.000597. The topological polar surface area (TPSA) is 70.7 Å². The molecule has 36 heavy (non-hydrogen) atoms. The number of rotatable bonds is 4. The fourth-order valence-corrected chi connectivity index (χ4v) is 5.40. The third kappa shape index (κ3) is 6.88. The first-order valence-corrected chi connectivity index (χ1v) is 13.6. The molecule has 2 aliphatic rings. The van der Waals surface area contributed by atoms with Crippen LogP contribution in [-0.4, -0.2) is 49.5 Å². The quantitative estimate of drug-likeness (QED) is 0.621. The fraction of sp³-hybridized carbons (Fsp3) is 0.533. The van der Waals surface area contributed by atoms with Crippen LogP contribution in [0.3, 0.4) is 0 Å². The highest BCUT2D eigenvalue weighted by Gasteiger charge is 2.40. The number of para-hydroxylation sites is 1. The Morgan fingerprint density at radius 2 is 1.78 bits per heavy atom. The molecule has 2 N–H and O–H groups in total. The molecule has 1 saturated heterocycles. The van der Waals surface area contributed by atoms with Gasteiger partial charge in [0.15, 0.2) is 0 Å². The largest absolute Gasteiger partial charge is 0.491 e. The molecule has 194 valence electrons. The van der Waals surface area contributed by atoms with Crippen LogP contribution in [-0.2, 0) is 16.0 Å². The Labute approximate surface area is 215 Å². The first-order valence-electron chi connectivity index (χ1n) is 13.6. The van der Waals surface area contributed by atoms with Crippen LogP contribution in [0.25, 0.3) is 0 Å². The molecule has 0 saturated carbocycles. The molecule has 0 aliphatic carbocycles. The number of hydrogen-bond acceptors (Lipinski definition) is 4. The molecule has 2 aliphatic heterocycles. The molecule has 0 atom stereocenters. The predicted molar refractivity (Wildman–Crippen MR) is 144 cm³/mol. The molecule has 0 aromatic heterocycles. The molecular weight excluding hydrogens is 450 g/mol. The van der Waals surface area contributed by atoms with Crippen molar-refractivity contribution in [2.75, 3.05) is 38.1 Å². The van der Waals surface area contributed by atoms with Crippen molar-refractivity contribution in [3.8, 4) is 5.75 Å². The van der Waals surface area contributed by atoms with Crippen molar-refractivity contribution in [2.24, 2.45) is 5.41 Å². The molecule has 2 amide bonds. The molecule has 0 bridgehead atoms. The van der Waals surface area contributed by atoms with Gasteiger partial charge in [0, 0.05) is 5.69 Å². The Bertz CT molecular complexity index is 1010. The summed E-state index contributed by atoms with van der Waals surface area (Å²) < 4.78 is 5.99. The lowest BCUT2D eigenvalue weighted by atomic mass is 9.73. The number of nitrogens with one attached hydrogen (secondary N) is 2. The molecule has 2 heterocycles. The highest BCUT2D eigenvalue weighted by Crippen LogP contribution is 2.37. The van der Waals surface area contributed by atoms with E-state index in [1.807, 2.05) is 24.3 Å². The van der Waals surface area contributed by atoms with E-state index in [1.54, 1.807) is 0 Å². The number of aryl methyl sites for hydroxylation is 1. The van der Waals surface area contributed by atoms with Crippen molar-refractivity contribution in [2.45, 2.75) is 64.7 Å². The Morgan fingerprint density at radius 1 is 1.03 bits per heavy atom. The van der Waals surface area contributed by atoms with Gasteiger partial charge in [-0.25, -0.2) is 0 Å². The highest BCUT2D eigenvalue weighted by atomic mass is 16.5. The van der Waals surface area contributed by atoms with Crippen LogP contribution in [0.1, 0.15) is 69.4 Å². The maximum absolute atomic E-state index is 13.3. The maximum Gasteiger partial charge on any atom is 0.238 e. The first kappa shape index (κ1) is 26.2. The van der Waals surface area contributed by atoms with Gasteiger partial charge in [0.2, 0.25) is 11.8 Å². The van der Waals surface area contributed by atoms with Gasteiger partial charge in [-0.05, 0) is 80.4 Å². The van der Waals surface area contributed by atoms with Gasteiger partial charge in [0.1, 0.15) is 12.4 Å². The zero-order valence-electron chi connectivity index (χ0n) is 21.9. The summed E-state index contributed by atoms with van der Waals surface area (Å²) in [6, 6.07) is 16.3. The zero-order chi connectivity index (χ0) is 25.4. The van der Waals surface area contributed by atoms with Crippen LogP contribution >= 0.6 is 0 Å². The number of nitrogens with zero attached hydrogens (tertiary/aromatic N) is 1. The lowest BCUT2D eigenvalue weighted by Crippen LogP contribution is -2.50. The Morgan fingerprint density at radius 3 is 2.53 bits per heavy atom. The lowest BCUT2D eigenvalue weighted by molar-refractivity contribution is -0.135. The minimum atomic E-state index is -0.347. The monoisotopic (exact) mass is 491 g/mol. The van der Waals surface area contributed by atoms with Gasteiger partial charge in [0.25, 0.3) is 0 Å². The van der Waals surface area contributed by atoms with Crippen LogP contribution in [0.2, 0.25) is 0 Å². The standard InChI is InChI=1S/C30H41N3O3/c1-23(2)24-11-13-26(14-12-24)32-28(34)22-33-19-16-30(17-20-33)15-7-3-4-8-25-9-5-6-10-27(25)36-21-18-31-29(30)35/h5-6,9-14,23H,3-4,7-8,15-22H2,1-2H3,(H,31,35)(H,32,34). The summed E-state index contributed by atoms with van der Waals surface area (Å²) in [5.74, 6) is 1.55. The Kier molecular flexibility index (Phi) is 9.03. The van der Waals surface area contributed by atoms with E-state index in [9.17, 15) is 9.59 Å². The summed E-state index contributed by atoms with van der Waals surface area (Å²) in [6.07, 6.45) is 6.74. The van der Waals surface area contributed by atoms with Gasteiger partial charge in [-0.3, -0.25) is 14.5 Å². The van der Waals surface area contributed by atoms with E-state index in [-0.39, 0.29) is 17.2 Å². The normalized spacial score (nSPS) is 19.2. The summed E-state index contributed by atoms with van der Waals surface area (Å²) in [6.45, 7) is 7.18. The van der Waals surface area contributed by atoms with Crippen molar-refractivity contribution in [3.05, 3.63) is 59.7 Å². The Balaban J connectivity index is 1.29. The zero-order valence-corrected chi connectivity index (χ0v) is 21.9. The molecule has 2 aromatic rings. The number of carbonyl (C=O) groups excluding carboxylic acids is 2. The number of benzene rings is 2. The fourth-order valence-electron chi connectivity index (χ4n) is 5.40. The second kappa shape index (κ2) is 12.4. The second-order valence-electron chi connectivity index (χ2n) is 10.7. The molecule has 0 radical (unpaired) electrons. The average molecular weight is 492 g/mol. The van der Waals surface area contributed by atoms with E-state index >= 15 is 0 Å². The maximum atomic E-state index is 13.3. The van der Waals surface area contributed by atoms with Gasteiger partial charge in [-0.1, -0.05) is 57.0 Å². The number of hydrogen-bond donors (Lipinski definition) is 2. The highest BCUT2D eigenvalue weighted by molar-refractivity contribution is 5.92. The molecule has 2 aromatic carbocycles. The number of likely N-dealkylation sites (tertiary alicyclic amines) is 1. The van der Waals surface area contributed by atoms with Crippen molar-refractivity contribution in [3.63, 3.8) is 0 Å². The lowest BCUT2D eigenvalue weighted by Gasteiger charge is -2.40. The van der Waals surface area contributed by atoms with Crippen LogP contribution in [0.4, 0.5) is 5.69 Å². The van der Waals surface area contributed by atoms with Gasteiger partial charge in [-0.15, -0.1) is 0 Å². The first-order chi connectivity index (χ1) is 17.4. The van der Waals surface area contributed by atoms with Crippen LogP contribution < -0.4 is 15.4 Å². The number of anilines is 1. The second-order valence-corrected chi connectivity index (χ2v) is 10.7. The van der Waals surface area contributed by atoms with Crippen molar-refractivity contribution in [1.29, 1.82) is 0 Å². The summed E-state index contributed by atoms with van der Waals surface area (Å²) in [5.41, 5.74) is 2.99. The smallest absolute Gasteiger partial charge is 0.238 e. The van der Waals surface area contributed by atoms with Crippen LogP contribution in [0.15, 0.2) is 48.5 Å². The molecule has 1 fully saturated rings. The van der Waals surface area contributed by atoms with E-state index in [1.165, 1.54) is 11.1 Å². The Hall–Kier alpha value is -2.86. The van der Waals surface area contributed by atoms with Crippen molar-refractivity contribution >= 4 is 17.5 Å². The number of fused-ring (bicyclic) bond motifs is 1. The summed E-state index contributed by atoms with van der Waals surface area (Å²) in [5, 5.41) is 6.17. The van der Waals surface area contributed by atoms with Gasteiger partial charge < -0.3 is 15.4 Å². The van der Waals surface area contributed by atoms with Gasteiger partial charge in [-0.2, -0.15) is 0 Å². The summed E-state index contributed by atoms with van der Waals surface area (Å²) in [7, 11) is 0. The van der Waals surface area contributed by atoms with Crippen LogP contribution in [0, 0.1) is 5.41 Å². The molecule has 6 nitrogen and oxygen atoms in total. The van der Waals surface area contributed by atoms with E-state index in [2.05, 4.69) is 53.6 Å². The van der Waals surface area contributed by atoms with E-state index < -0.39 is 0 Å². The number of carbonyl (C=O) groups is 2. The van der Waals surface area contributed by atoms with E-state index in [0.29, 0.717) is 25.6 Å². The van der Waals surface area contributed by atoms with Crippen molar-refractivity contribution < 1.29 is 14.3 Å². The number of ether oxygens (including phenoxy) is 1. The summed E-state index contributed by atoms with van der Waals surface area (Å²) >= 11 is 0. The summed E-state index contributed by atoms with van der Waals surface area (Å²) in [4.78, 5) is 28.2. The predicted octanol–water partition coefficient (Wildman–Crippen LogP) is 5.14. The molecule has 4 rings (SSSR count). The third-order valence-electron chi connectivity index (χ3n) is 7.74. The molecule has 1 spiro atoms. The molecular formula is C30H41N3O3. The molecule has 0 unspecified atom stereocenters. The van der Waals surface area contributed by atoms with Crippen molar-refractivity contribution in [1.82, 2.24) is 10.2 Å². The van der Waals surface area contributed by atoms with Gasteiger partial charge >= 0.3 is 0 Å². The number of amides is 2. The van der Waals surface area contributed by atoms with E-state index in [4.69, 9.17) is 4.74 Å². The average Bonchev–Trinajstić information content (AvgIpc) is 2.89. The van der Waals surface area contributed by atoms with Gasteiger partial charge in [0.05, 0.1) is 18.5 Å².